The van der Waals surface area contributed by atoms with Crippen LogP contribution in [0.4, 0.5) is 0 Å². The molecule has 0 aromatic heterocycles. The molecule has 2 aliphatic heterocycles. The summed E-state index contributed by atoms with van der Waals surface area (Å²) in [5, 5.41) is 0. The molecule has 0 aliphatic carbocycles. The molecule has 104 valence electrons. The van der Waals surface area contributed by atoms with Gasteiger partial charge in [0.1, 0.15) is 12.2 Å². The van der Waals surface area contributed by atoms with Crippen LogP contribution in [-0.2, 0) is 25.6 Å². The zero-order chi connectivity index (χ0) is 13.5. The molecule has 2 heterocycles. The van der Waals surface area contributed by atoms with Gasteiger partial charge in [0.25, 0.3) is 0 Å². The molecular formula is C15H20O4. The van der Waals surface area contributed by atoms with Gasteiger partial charge < -0.3 is 18.9 Å². The molecule has 0 N–H and O–H groups in total. The van der Waals surface area contributed by atoms with Crippen molar-refractivity contribution >= 4 is 0 Å². The van der Waals surface area contributed by atoms with E-state index in [4.69, 9.17) is 18.9 Å². The summed E-state index contributed by atoms with van der Waals surface area (Å²) in [5.41, 5.74) is 1.15. The van der Waals surface area contributed by atoms with Gasteiger partial charge in [0.05, 0.1) is 12.7 Å². The third-order valence-electron chi connectivity index (χ3n) is 3.51. The fourth-order valence-corrected chi connectivity index (χ4v) is 2.64. The fraction of sp³-hybridized carbons (Fsp3) is 0.600. The minimum Gasteiger partial charge on any atom is -0.368 e. The molecule has 2 aliphatic rings. The van der Waals surface area contributed by atoms with Crippen molar-refractivity contribution in [3.8, 4) is 0 Å². The Balaban J connectivity index is 1.64. The predicted octanol–water partition coefficient (Wildman–Crippen LogP) is 2.47. The number of benzene rings is 1. The molecule has 1 aromatic carbocycles. The Labute approximate surface area is 113 Å². The molecule has 2 fully saturated rings. The van der Waals surface area contributed by atoms with Gasteiger partial charge >= 0.3 is 0 Å². The Morgan fingerprint density at radius 1 is 1.16 bits per heavy atom. The Morgan fingerprint density at radius 2 is 1.89 bits per heavy atom. The second-order valence-corrected chi connectivity index (χ2v) is 5.57. The largest absolute Gasteiger partial charge is 0.368 e. The number of rotatable bonds is 3. The maximum atomic E-state index is 5.98. The van der Waals surface area contributed by atoms with Crippen LogP contribution in [0.1, 0.15) is 26.3 Å². The first kappa shape index (κ1) is 13.1. The van der Waals surface area contributed by atoms with Crippen LogP contribution in [0.3, 0.4) is 0 Å². The van der Waals surface area contributed by atoms with Gasteiger partial charge in [-0.15, -0.1) is 0 Å². The summed E-state index contributed by atoms with van der Waals surface area (Å²) in [6, 6.07) is 10.1. The van der Waals surface area contributed by atoms with E-state index < -0.39 is 5.79 Å². The van der Waals surface area contributed by atoms with Gasteiger partial charge in [-0.25, -0.2) is 0 Å². The van der Waals surface area contributed by atoms with Crippen LogP contribution in [0.2, 0.25) is 0 Å². The maximum Gasteiger partial charge on any atom is 0.190 e. The summed E-state index contributed by atoms with van der Waals surface area (Å²) in [6.07, 6.45) is -0.568. The predicted molar refractivity (Wildman–Crippen MR) is 69.4 cm³/mol. The van der Waals surface area contributed by atoms with Gasteiger partial charge in [-0.05, 0) is 26.3 Å². The Morgan fingerprint density at radius 3 is 2.63 bits per heavy atom. The molecule has 4 atom stereocenters. The van der Waals surface area contributed by atoms with Crippen molar-refractivity contribution in [3.63, 3.8) is 0 Å². The molecular weight excluding hydrogens is 244 g/mol. The van der Waals surface area contributed by atoms with Crippen molar-refractivity contribution in [2.75, 3.05) is 0 Å². The van der Waals surface area contributed by atoms with Gasteiger partial charge in [0, 0.05) is 0 Å². The van der Waals surface area contributed by atoms with Crippen LogP contribution < -0.4 is 0 Å². The van der Waals surface area contributed by atoms with E-state index >= 15 is 0 Å². The van der Waals surface area contributed by atoms with Crippen LogP contribution in [0.15, 0.2) is 30.3 Å². The molecule has 1 aromatic rings. The van der Waals surface area contributed by atoms with Crippen molar-refractivity contribution < 1.29 is 18.9 Å². The van der Waals surface area contributed by atoms with Crippen molar-refractivity contribution in [2.45, 2.75) is 57.8 Å². The number of hydrogen-bond acceptors (Lipinski definition) is 4. The topological polar surface area (TPSA) is 36.9 Å². The lowest BCUT2D eigenvalue weighted by atomic mass is 10.1. The minimum atomic E-state index is -0.593. The van der Waals surface area contributed by atoms with E-state index in [1.807, 2.05) is 51.1 Å². The van der Waals surface area contributed by atoms with E-state index in [1.54, 1.807) is 0 Å². The first-order valence-electron chi connectivity index (χ1n) is 6.72. The third-order valence-corrected chi connectivity index (χ3v) is 3.51. The van der Waals surface area contributed by atoms with Gasteiger partial charge in [-0.3, -0.25) is 0 Å². The molecule has 0 bridgehead atoms. The summed E-state index contributed by atoms with van der Waals surface area (Å²) >= 11 is 0. The second kappa shape index (κ2) is 4.87. The highest BCUT2D eigenvalue weighted by molar-refractivity contribution is 5.13. The number of fused-ring (bicyclic) bond motifs is 1. The Kier molecular flexibility index (Phi) is 3.35. The summed E-state index contributed by atoms with van der Waals surface area (Å²) in [6.45, 7) is 6.35. The molecule has 3 rings (SSSR count). The average Bonchev–Trinajstić information content (AvgIpc) is 2.79. The highest BCUT2D eigenvalue weighted by Crippen LogP contribution is 2.38. The lowest BCUT2D eigenvalue weighted by Crippen LogP contribution is -2.35. The molecule has 19 heavy (non-hydrogen) atoms. The first-order chi connectivity index (χ1) is 9.05. The van der Waals surface area contributed by atoms with Crippen LogP contribution in [0.25, 0.3) is 0 Å². The molecule has 0 radical (unpaired) electrons. The Bertz CT molecular complexity index is 431. The van der Waals surface area contributed by atoms with Gasteiger partial charge in [-0.1, -0.05) is 30.3 Å². The highest BCUT2D eigenvalue weighted by atomic mass is 16.8. The van der Waals surface area contributed by atoms with E-state index in [2.05, 4.69) is 0 Å². The smallest absolute Gasteiger partial charge is 0.190 e. The number of ether oxygens (including phenoxy) is 4. The SMILES string of the molecule is C[C@H]1OC2OC(C)(C)O[C@@H]2[C@H]1OCc1ccccc1. The van der Waals surface area contributed by atoms with E-state index in [0.717, 1.165) is 5.56 Å². The molecule has 2 saturated heterocycles. The summed E-state index contributed by atoms with van der Waals surface area (Å²) in [4.78, 5) is 0. The van der Waals surface area contributed by atoms with Gasteiger partial charge in [0.2, 0.25) is 0 Å². The van der Waals surface area contributed by atoms with Gasteiger partial charge in [0.15, 0.2) is 12.1 Å². The van der Waals surface area contributed by atoms with Crippen LogP contribution in [0.5, 0.6) is 0 Å². The van der Waals surface area contributed by atoms with Crippen molar-refractivity contribution in [1.82, 2.24) is 0 Å². The molecule has 1 unspecified atom stereocenters. The molecule has 0 saturated carbocycles. The van der Waals surface area contributed by atoms with Crippen molar-refractivity contribution in [1.29, 1.82) is 0 Å². The number of hydrogen-bond donors (Lipinski definition) is 0. The summed E-state index contributed by atoms with van der Waals surface area (Å²) < 4.78 is 23.3. The van der Waals surface area contributed by atoms with Crippen molar-refractivity contribution in [2.24, 2.45) is 0 Å². The van der Waals surface area contributed by atoms with Crippen molar-refractivity contribution in [3.05, 3.63) is 35.9 Å². The highest BCUT2D eigenvalue weighted by Gasteiger charge is 2.54. The van der Waals surface area contributed by atoms with E-state index in [0.29, 0.717) is 6.61 Å². The van der Waals surface area contributed by atoms with Crippen LogP contribution in [-0.4, -0.2) is 30.4 Å². The standard InChI is InChI=1S/C15H20O4/c1-10-12(16-9-11-7-5-4-6-8-11)13-14(17-10)19-15(2,3)18-13/h4-8,10,12-14H,9H2,1-3H3/t10-,12+,13-,14?/m1/s1. The normalized spacial score (nSPS) is 36.4. The van der Waals surface area contributed by atoms with E-state index in [-0.39, 0.29) is 24.6 Å². The lowest BCUT2D eigenvalue weighted by Gasteiger charge is -2.24. The monoisotopic (exact) mass is 264 g/mol. The first-order valence-corrected chi connectivity index (χ1v) is 6.72. The zero-order valence-corrected chi connectivity index (χ0v) is 11.5. The third kappa shape index (κ3) is 2.67. The summed E-state index contributed by atoms with van der Waals surface area (Å²) in [5.74, 6) is -0.593. The quantitative estimate of drug-likeness (QED) is 0.840. The molecule has 0 spiro atoms. The zero-order valence-electron chi connectivity index (χ0n) is 11.5. The van der Waals surface area contributed by atoms with Crippen LogP contribution in [0, 0.1) is 0 Å². The fourth-order valence-electron chi connectivity index (χ4n) is 2.64. The summed E-state index contributed by atoms with van der Waals surface area (Å²) in [7, 11) is 0. The Hall–Kier alpha value is -0.940. The minimum absolute atomic E-state index is 0.0187. The van der Waals surface area contributed by atoms with Crippen LogP contribution >= 0.6 is 0 Å². The van der Waals surface area contributed by atoms with E-state index in [9.17, 15) is 0 Å². The van der Waals surface area contributed by atoms with E-state index in [1.165, 1.54) is 0 Å². The second-order valence-electron chi connectivity index (χ2n) is 5.57. The van der Waals surface area contributed by atoms with Gasteiger partial charge in [-0.2, -0.15) is 0 Å². The molecule has 0 amide bonds. The average molecular weight is 264 g/mol. The molecule has 4 heteroatoms. The maximum absolute atomic E-state index is 5.98. The molecule has 4 nitrogen and oxygen atoms in total. The lowest BCUT2D eigenvalue weighted by molar-refractivity contribution is -0.216.